The maximum absolute atomic E-state index is 12.9. The summed E-state index contributed by atoms with van der Waals surface area (Å²) in [5.74, 6) is -1.82. The first kappa shape index (κ1) is 20.3. The van der Waals surface area contributed by atoms with Crippen LogP contribution in [0.15, 0.2) is 29.2 Å². The van der Waals surface area contributed by atoms with Gasteiger partial charge in [0.05, 0.1) is 24.7 Å². The highest BCUT2D eigenvalue weighted by molar-refractivity contribution is 7.89. The van der Waals surface area contributed by atoms with Crippen molar-refractivity contribution in [2.24, 2.45) is 0 Å². The number of amides is 2. The van der Waals surface area contributed by atoms with Crippen molar-refractivity contribution < 1.29 is 27.9 Å². The zero-order chi connectivity index (χ0) is 19.2. The number of hydrogen-bond acceptors (Lipinski definition) is 6. The van der Waals surface area contributed by atoms with E-state index in [1.807, 2.05) is 6.92 Å². The molecule has 9 nitrogen and oxygen atoms in total. The molecule has 2 amide bonds. The molecule has 1 aromatic carbocycles. The van der Waals surface area contributed by atoms with Gasteiger partial charge < -0.3 is 20.5 Å². The summed E-state index contributed by atoms with van der Waals surface area (Å²) < 4.78 is 32.4. The molecular formula is C16H23N3O6S. The Morgan fingerprint density at radius 1 is 1.23 bits per heavy atom. The molecule has 1 aromatic rings. The van der Waals surface area contributed by atoms with Crippen LogP contribution in [0, 0.1) is 6.92 Å². The quantitative estimate of drug-likeness (QED) is 0.537. The van der Waals surface area contributed by atoms with Crippen LogP contribution in [-0.4, -0.2) is 68.7 Å². The van der Waals surface area contributed by atoms with Crippen LogP contribution in [0.5, 0.6) is 0 Å². The van der Waals surface area contributed by atoms with E-state index in [1.54, 1.807) is 12.1 Å². The zero-order valence-electron chi connectivity index (χ0n) is 14.5. The van der Waals surface area contributed by atoms with E-state index in [2.05, 4.69) is 10.6 Å². The number of ether oxygens (including phenoxy) is 1. The molecule has 1 atom stereocenters. The van der Waals surface area contributed by atoms with E-state index in [9.17, 15) is 18.0 Å². The van der Waals surface area contributed by atoms with Crippen molar-refractivity contribution in [3.8, 4) is 0 Å². The first-order valence-corrected chi connectivity index (χ1v) is 9.67. The van der Waals surface area contributed by atoms with Gasteiger partial charge in [-0.25, -0.2) is 8.42 Å². The number of rotatable bonds is 6. The van der Waals surface area contributed by atoms with E-state index in [0.717, 1.165) is 5.56 Å². The van der Waals surface area contributed by atoms with Crippen molar-refractivity contribution in [1.82, 2.24) is 14.9 Å². The van der Waals surface area contributed by atoms with Gasteiger partial charge in [-0.2, -0.15) is 4.31 Å². The number of benzene rings is 1. The molecule has 0 saturated carbocycles. The smallest absolute Gasteiger partial charge is 0.309 e. The van der Waals surface area contributed by atoms with Gasteiger partial charge in [0.15, 0.2) is 0 Å². The molecular weight excluding hydrogens is 362 g/mol. The predicted molar refractivity (Wildman–Crippen MR) is 92.5 cm³/mol. The molecule has 26 heavy (non-hydrogen) atoms. The van der Waals surface area contributed by atoms with Gasteiger partial charge in [0.2, 0.25) is 10.0 Å². The van der Waals surface area contributed by atoms with Crippen LogP contribution in [0.3, 0.4) is 0 Å². The van der Waals surface area contributed by atoms with Gasteiger partial charge in [-0.1, -0.05) is 17.7 Å². The first-order valence-electron chi connectivity index (χ1n) is 8.23. The molecule has 144 valence electrons. The van der Waals surface area contributed by atoms with Crippen molar-refractivity contribution in [2.45, 2.75) is 24.5 Å². The summed E-state index contributed by atoms with van der Waals surface area (Å²) in [5, 5.41) is 13.2. The average molecular weight is 385 g/mol. The summed E-state index contributed by atoms with van der Waals surface area (Å²) in [6.45, 7) is 2.00. The highest BCUT2D eigenvalue weighted by Gasteiger charge is 2.34. The Kier molecular flexibility index (Phi) is 7.09. The fraction of sp³-hybridized carbons (Fsp3) is 0.500. The fourth-order valence-electron chi connectivity index (χ4n) is 2.46. The molecule has 1 saturated heterocycles. The van der Waals surface area contributed by atoms with E-state index in [-0.39, 0.29) is 31.1 Å². The van der Waals surface area contributed by atoms with Crippen molar-refractivity contribution in [3.63, 3.8) is 0 Å². The number of nitrogens with one attached hydrogen (secondary N) is 2. The van der Waals surface area contributed by atoms with Crippen LogP contribution in [0.1, 0.15) is 12.0 Å². The summed E-state index contributed by atoms with van der Waals surface area (Å²) in [7, 11) is -3.79. The lowest BCUT2D eigenvalue weighted by Gasteiger charge is -2.34. The number of aryl methyl sites for hydroxylation is 1. The Hall–Kier alpha value is -2.01. The third kappa shape index (κ3) is 5.01. The van der Waals surface area contributed by atoms with Crippen LogP contribution in [0.4, 0.5) is 0 Å². The Bertz CT molecular complexity index is 735. The highest BCUT2D eigenvalue weighted by atomic mass is 32.2. The molecule has 3 N–H and O–H groups in total. The van der Waals surface area contributed by atoms with Gasteiger partial charge >= 0.3 is 11.8 Å². The maximum atomic E-state index is 12.9. The number of nitrogens with zero attached hydrogens (tertiary/aromatic N) is 1. The average Bonchev–Trinajstić information content (AvgIpc) is 2.64. The van der Waals surface area contributed by atoms with Crippen LogP contribution in [0.2, 0.25) is 0 Å². The van der Waals surface area contributed by atoms with Gasteiger partial charge in [-0.3, -0.25) is 9.59 Å². The van der Waals surface area contributed by atoms with Crippen LogP contribution < -0.4 is 10.6 Å². The third-order valence-corrected chi connectivity index (χ3v) is 5.73. The zero-order valence-corrected chi connectivity index (χ0v) is 15.3. The number of carbonyl (C=O) groups is 2. The summed E-state index contributed by atoms with van der Waals surface area (Å²) in [5.41, 5.74) is 0.941. The monoisotopic (exact) mass is 385 g/mol. The number of aliphatic hydroxyl groups is 1. The molecule has 0 aromatic heterocycles. The molecule has 0 spiro atoms. The second kappa shape index (κ2) is 9.08. The Morgan fingerprint density at radius 3 is 2.54 bits per heavy atom. The molecule has 0 aliphatic carbocycles. The lowest BCUT2D eigenvalue weighted by molar-refractivity contribution is -0.140. The fourth-order valence-corrected chi connectivity index (χ4v) is 4.02. The van der Waals surface area contributed by atoms with E-state index in [4.69, 9.17) is 9.84 Å². The van der Waals surface area contributed by atoms with Crippen LogP contribution >= 0.6 is 0 Å². The molecule has 1 heterocycles. The molecule has 0 unspecified atom stereocenters. The standard InChI is InChI=1S/C16H23N3O6S/c1-12-3-5-13(6-4-12)26(23,24)19-8-2-10-25-14(19)11-18-16(22)15(21)17-7-9-20/h3-6,14,20H,2,7-11H2,1H3,(H,17,21)(H,18,22)/t14-/m1/s1. The normalized spacial score (nSPS) is 18.3. The van der Waals surface area contributed by atoms with E-state index in [1.165, 1.54) is 16.4 Å². The Balaban J connectivity index is 2.06. The third-order valence-electron chi connectivity index (χ3n) is 3.82. The molecule has 1 aliphatic rings. The van der Waals surface area contributed by atoms with Gasteiger partial charge in [0.1, 0.15) is 6.23 Å². The summed E-state index contributed by atoms with van der Waals surface area (Å²) >= 11 is 0. The minimum atomic E-state index is -3.79. The van der Waals surface area contributed by atoms with Crippen molar-refractivity contribution in [2.75, 3.05) is 32.8 Å². The Morgan fingerprint density at radius 2 is 1.88 bits per heavy atom. The van der Waals surface area contributed by atoms with Crippen molar-refractivity contribution in [1.29, 1.82) is 0 Å². The van der Waals surface area contributed by atoms with E-state index >= 15 is 0 Å². The molecule has 2 rings (SSSR count). The highest BCUT2D eigenvalue weighted by Crippen LogP contribution is 2.22. The van der Waals surface area contributed by atoms with Gasteiger partial charge in [-0.15, -0.1) is 0 Å². The van der Waals surface area contributed by atoms with E-state index < -0.39 is 28.1 Å². The van der Waals surface area contributed by atoms with Crippen LogP contribution in [0.25, 0.3) is 0 Å². The SMILES string of the molecule is Cc1ccc(S(=O)(=O)N2CCCO[C@@H]2CNC(=O)C(=O)NCCO)cc1. The maximum Gasteiger partial charge on any atom is 0.309 e. The summed E-state index contributed by atoms with van der Waals surface area (Å²) in [4.78, 5) is 23.4. The number of hydrogen-bond donors (Lipinski definition) is 3. The number of carbonyl (C=O) groups excluding carboxylic acids is 2. The largest absolute Gasteiger partial charge is 0.395 e. The second-order valence-corrected chi connectivity index (χ2v) is 7.69. The molecule has 10 heteroatoms. The predicted octanol–water partition coefficient (Wildman–Crippen LogP) is -1.04. The summed E-state index contributed by atoms with van der Waals surface area (Å²) in [6, 6.07) is 6.47. The summed E-state index contributed by atoms with van der Waals surface area (Å²) in [6.07, 6.45) is -0.364. The molecule has 0 radical (unpaired) electrons. The van der Waals surface area contributed by atoms with Crippen LogP contribution in [-0.2, 0) is 24.3 Å². The lowest BCUT2D eigenvalue weighted by Crippen LogP contribution is -2.53. The van der Waals surface area contributed by atoms with Gasteiger partial charge in [0, 0.05) is 13.1 Å². The van der Waals surface area contributed by atoms with Gasteiger partial charge in [-0.05, 0) is 25.5 Å². The molecule has 1 aliphatic heterocycles. The van der Waals surface area contributed by atoms with Crippen molar-refractivity contribution in [3.05, 3.63) is 29.8 Å². The van der Waals surface area contributed by atoms with Gasteiger partial charge in [0.25, 0.3) is 0 Å². The Labute approximate surface area is 152 Å². The minimum Gasteiger partial charge on any atom is -0.395 e. The first-order chi connectivity index (χ1) is 12.4. The van der Waals surface area contributed by atoms with Crippen molar-refractivity contribution >= 4 is 21.8 Å². The number of sulfonamides is 1. The number of aliphatic hydroxyl groups excluding tert-OH is 1. The lowest BCUT2D eigenvalue weighted by atomic mass is 10.2. The molecule has 0 bridgehead atoms. The second-order valence-electron chi connectivity index (χ2n) is 5.80. The minimum absolute atomic E-state index is 0.0416. The topological polar surface area (TPSA) is 125 Å². The molecule has 1 fully saturated rings. The van der Waals surface area contributed by atoms with E-state index in [0.29, 0.717) is 13.0 Å².